The molecule has 4 nitrogen and oxygen atoms in total. The molecule has 0 unspecified atom stereocenters. The van der Waals surface area contributed by atoms with Gasteiger partial charge in [-0.1, -0.05) is 0 Å². The highest BCUT2D eigenvalue weighted by molar-refractivity contribution is 7.89. The molecule has 62 valence electrons. The van der Waals surface area contributed by atoms with Crippen molar-refractivity contribution >= 4 is 10.0 Å². The molecule has 0 aliphatic rings. The Balaban J connectivity index is 4.47. The SMILES string of the molecule is [2H]C([2H])([2H])N(C)S(=O)(=O)CCCN. The van der Waals surface area contributed by atoms with Gasteiger partial charge in [-0.2, -0.15) is 0 Å². The van der Waals surface area contributed by atoms with E-state index >= 15 is 0 Å². The molecule has 0 amide bonds. The van der Waals surface area contributed by atoms with Gasteiger partial charge in [-0.05, 0) is 13.0 Å². The smallest absolute Gasteiger partial charge is 0.213 e. The summed E-state index contributed by atoms with van der Waals surface area (Å²) in [5.74, 6) is -0.224. The van der Waals surface area contributed by atoms with Crippen molar-refractivity contribution in [1.29, 1.82) is 0 Å². The van der Waals surface area contributed by atoms with E-state index in [0.29, 0.717) is 4.31 Å². The van der Waals surface area contributed by atoms with Gasteiger partial charge in [-0.25, -0.2) is 12.7 Å². The number of hydrogen-bond acceptors (Lipinski definition) is 3. The molecule has 0 heterocycles. The summed E-state index contributed by atoms with van der Waals surface area (Å²) in [5.41, 5.74) is 5.12. The first-order valence-electron chi connectivity index (χ1n) is 4.38. The number of hydrogen-bond donors (Lipinski definition) is 1. The maximum Gasteiger partial charge on any atom is 0.213 e. The van der Waals surface area contributed by atoms with Crippen molar-refractivity contribution in [1.82, 2.24) is 4.31 Å². The van der Waals surface area contributed by atoms with Crippen LogP contribution in [0.5, 0.6) is 0 Å². The fourth-order valence-electron chi connectivity index (χ4n) is 0.403. The normalized spacial score (nSPS) is 18.1. The van der Waals surface area contributed by atoms with Gasteiger partial charge in [-0.3, -0.25) is 0 Å². The van der Waals surface area contributed by atoms with Gasteiger partial charge in [0.05, 0.1) is 5.75 Å². The van der Waals surface area contributed by atoms with E-state index < -0.39 is 17.0 Å². The molecule has 0 aliphatic carbocycles. The minimum Gasteiger partial charge on any atom is -0.330 e. The Morgan fingerprint density at radius 2 is 2.30 bits per heavy atom. The summed E-state index contributed by atoms with van der Waals surface area (Å²) in [4.78, 5) is 0. The molecule has 10 heavy (non-hydrogen) atoms. The highest BCUT2D eigenvalue weighted by Gasteiger charge is 2.11. The quantitative estimate of drug-likeness (QED) is 0.601. The number of nitrogens with zero attached hydrogens (tertiary/aromatic N) is 1. The van der Waals surface area contributed by atoms with Crippen LogP contribution < -0.4 is 5.73 Å². The zero-order valence-electron chi connectivity index (χ0n) is 8.87. The Labute approximate surface area is 66.3 Å². The first kappa shape index (κ1) is 5.51. The van der Waals surface area contributed by atoms with Crippen LogP contribution in [-0.2, 0) is 10.0 Å². The van der Waals surface area contributed by atoms with Gasteiger partial charge in [-0.15, -0.1) is 0 Å². The molecular weight excluding hydrogens is 152 g/mol. The molecular formula is C5H14N2O2S. The van der Waals surface area contributed by atoms with Gasteiger partial charge in [0.15, 0.2) is 0 Å². The van der Waals surface area contributed by atoms with Crippen molar-refractivity contribution in [2.75, 3.05) is 26.3 Å². The summed E-state index contributed by atoms with van der Waals surface area (Å²) < 4.78 is 43.5. The zero-order valence-corrected chi connectivity index (χ0v) is 6.69. The minimum atomic E-state index is -3.69. The monoisotopic (exact) mass is 169 g/mol. The number of rotatable bonds is 4. The van der Waals surface area contributed by atoms with Crippen molar-refractivity contribution in [2.45, 2.75) is 6.42 Å². The van der Waals surface area contributed by atoms with E-state index in [9.17, 15) is 8.42 Å². The van der Waals surface area contributed by atoms with Crippen molar-refractivity contribution in [3.8, 4) is 0 Å². The Morgan fingerprint density at radius 3 is 2.70 bits per heavy atom. The van der Waals surface area contributed by atoms with E-state index in [0.717, 1.165) is 7.05 Å². The topological polar surface area (TPSA) is 63.4 Å². The molecule has 0 saturated heterocycles. The predicted octanol–water partition coefficient (Wildman–Crippen LogP) is -0.773. The Bertz CT molecular complexity index is 249. The third-order valence-corrected chi connectivity index (χ3v) is 2.66. The molecule has 0 aromatic heterocycles. The molecule has 0 spiro atoms. The number of nitrogens with two attached hydrogens (primary N) is 1. The number of sulfonamides is 1. The molecule has 0 saturated carbocycles. The van der Waals surface area contributed by atoms with E-state index in [4.69, 9.17) is 9.85 Å². The van der Waals surface area contributed by atoms with Gasteiger partial charge >= 0.3 is 0 Å². The lowest BCUT2D eigenvalue weighted by molar-refractivity contribution is 0.519. The average Bonchev–Trinajstić information content (AvgIpc) is 1.98. The molecule has 0 atom stereocenters. The van der Waals surface area contributed by atoms with Crippen molar-refractivity contribution in [2.24, 2.45) is 5.73 Å². The minimum absolute atomic E-state index is 0.224. The third-order valence-electron chi connectivity index (χ3n) is 1.02. The van der Waals surface area contributed by atoms with Crippen molar-refractivity contribution in [3.63, 3.8) is 0 Å². The molecule has 0 rings (SSSR count). The predicted molar refractivity (Wildman–Crippen MR) is 41.1 cm³/mol. The highest BCUT2D eigenvalue weighted by atomic mass is 32.2. The van der Waals surface area contributed by atoms with Crippen LogP contribution in [0.4, 0.5) is 0 Å². The molecule has 0 aromatic rings. The highest BCUT2D eigenvalue weighted by Crippen LogP contribution is 1.94. The van der Waals surface area contributed by atoms with Gasteiger partial charge in [0.1, 0.15) is 0 Å². The second-order valence-corrected chi connectivity index (χ2v) is 4.05. The zero-order chi connectivity index (χ0) is 10.7. The lowest BCUT2D eigenvalue weighted by atomic mass is 10.5. The first-order valence-corrected chi connectivity index (χ1v) is 4.49. The van der Waals surface area contributed by atoms with E-state index in [2.05, 4.69) is 0 Å². The van der Waals surface area contributed by atoms with Crippen LogP contribution in [0.25, 0.3) is 0 Å². The summed E-state index contributed by atoms with van der Waals surface area (Å²) in [5, 5.41) is 0. The van der Waals surface area contributed by atoms with E-state index in [1.807, 2.05) is 0 Å². The Morgan fingerprint density at radius 1 is 1.70 bits per heavy atom. The van der Waals surface area contributed by atoms with Crippen LogP contribution in [-0.4, -0.2) is 39.0 Å². The summed E-state index contributed by atoms with van der Waals surface area (Å²) in [6.07, 6.45) is 0.267. The van der Waals surface area contributed by atoms with Crippen LogP contribution in [0.2, 0.25) is 0 Å². The van der Waals surface area contributed by atoms with E-state index in [1.165, 1.54) is 0 Å². The average molecular weight is 169 g/mol. The van der Waals surface area contributed by atoms with Crippen LogP contribution >= 0.6 is 0 Å². The Hall–Kier alpha value is -0.130. The molecule has 0 fully saturated rings. The second-order valence-electron chi connectivity index (χ2n) is 1.93. The fourth-order valence-corrected chi connectivity index (χ4v) is 1.21. The van der Waals surface area contributed by atoms with Crippen LogP contribution in [0.3, 0.4) is 0 Å². The Kier molecular flexibility index (Phi) is 2.15. The third kappa shape index (κ3) is 3.14. The van der Waals surface area contributed by atoms with Gasteiger partial charge < -0.3 is 5.73 Å². The van der Waals surface area contributed by atoms with Gasteiger partial charge in [0.2, 0.25) is 10.0 Å². The largest absolute Gasteiger partial charge is 0.330 e. The lowest BCUT2D eigenvalue weighted by Crippen LogP contribution is -2.26. The van der Waals surface area contributed by atoms with Gasteiger partial charge in [0.25, 0.3) is 0 Å². The lowest BCUT2D eigenvalue weighted by Gasteiger charge is -2.09. The van der Waals surface area contributed by atoms with Crippen molar-refractivity contribution in [3.05, 3.63) is 0 Å². The van der Waals surface area contributed by atoms with Crippen LogP contribution in [0.15, 0.2) is 0 Å². The molecule has 0 radical (unpaired) electrons. The van der Waals surface area contributed by atoms with Crippen LogP contribution in [0, 0.1) is 0 Å². The molecule has 0 bridgehead atoms. The fraction of sp³-hybridized carbons (Fsp3) is 1.00. The standard InChI is InChI=1S/C5H14N2O2S/c1-7(2)10(8,9)5-3-4-6/h3-6H2,1-2H3/i1D3. The van der Waals surface area contributed by atoms with Crippen LogP contribution in [0.1, 0.15) is 10.5 Å². The molecule has 5 heteroatoms. The summed E-state index contributed by atoms with van der Waals surface area (Å²) in [6.45, 7) is -2.37. The molecule has 0 aliphatic heterocycles. The van der Waals surface area contributed by atoms with E-state index in [-0.39, 0.29) is 18.7 Å². The summed E-state index contributed by atoms with van der Waals surface area (Å²) >= 11 is 0. The maximum absolute atomic E-state index is 11.2. The van der Waals surface area contributed by atoms with Crippen molar-refractivity contribution < 1.29 is 12.5 Å². The first-order chi connectivity index (χ1) is 5.72. The van der Waals surface area contributed by atoms with E-state index in [1.54, 1.807) is 0 Å². The maximum atomic E-state index is 11.2. The molecule has 0 aromatic carbocycles. The molecule has 2 N–H and O–H groups in total. The summed E-state index contributed by atoms with van der Waals surface area (Å²) in [6, 6.07) is 0. The summed E-state index contributed by atoms with van der Waals surface area (Å²) in [7, 11) is -2.65. The second kappa shape index (κ2) is 3.90. The van der Waals surface area contributed by atoms with Gasteiger partial charge in [0, 0.05) is 18.1 Å².